The smallest absolute Gasteiger partial charge is 0.361 e. The van der Waals surface area contributed by atoms with E-state index < -0.39 is 5.97 Å². The molecule has 1 aromatic carbocycles. The molecule has 0 radical (unpaired) electrons. The number of aromatic nitrogens is 2. The minimum atomic E-state index is -0.603. The molecule has 0 aliphatic heterocycles. The number of ether oxygens (including phenoxy) is 2. The third-order valence-electron chi connectivity index (χ3n) is 2.42. The number of nitrogens with zero attached hydrogens (tertiary/aromatic N) is 2. The fraction of sp³-hybridized carbons (Fsp3) is 0.154. The molecule has 1 heterocycles. The van der Waals surface area contributed by atoms with E-state index in [1.54, 1.807) is 13.2 Å². The first-order chi connectivity index (χ1) is 9.20. The molecule has 6 heteroatoms. The van der Waals surface area contributed by atoms with Crippen molar-refractivity contribution < 1.29 is 14.3 Å². The third kappa shape index (κ3) is 3.19. The van der Waals surface area contributed by atoms with E-state index in [4.69, 9.17) is 15.2 Å². The van der Waals surface area contributed by atoms with Gasteiger partial charge >= 0.3 is 5.97 Å². The highest BCUT2D eigenvalue weighted by molar-refractivity contribution is 5.91. The molecule has 0 bridgehead atoms. The maximum atomic E-state index is 11.8. The van der Waals surface area contributed by atoms with E-state index in [0.29, 0.717) is 5.75 Å². The fourth-order valence-electron chi connectivity index (χ4n) is 1.49. The van der Waals surface area contributed by atoms with Crippen LogP contribution in [0.5, 0.6) is 5.75 Å². The molecule has 0 fully saturated rings. The molecule has 0 aliphatic rings. The predicted molar refractivity (Wildman–Crippen MR) is 68.6 cm³/mol. The minimum absolute atomic E-state index is 0.0189. The zero-order chi connectivity index (χ0) is 13.7. The number of nitrogens with two attached hydrogens (primary N) is 1. The summed E-state index contributed by atoms with van der Waals surface area (Å²) in [4.78, 5) is 19.4. The highest BCUT2D eigenvalue weighted by atomic mass is 16.5. The van der Waals surface area contributed by atoms with E-state index in [1.165, 1.54) is 12.4 Å². The Labute approximate surface area is 110 Å². The van der Waals surface area contributed by atoms with Gasteiger partial charge in [0.1, 0.15) is 12.4 Å². The summed E-state index contributed by atoms with van der Waals surface area (Å²) in [5.74, 6) is 0.152. The summed E-state index contributed by atoms with van der Waals surface area (Å²) in [6.45, 7) is 0.117. The van der Waals surface area contributed by atoms with Crippen LogP contribution in [0.15, 0.2) is 36.7 Å². The topological polar surface area (TPSA) is 87.3 Å². The Morgan fingerprint density at radius 1 is 1.32 bits per heavy atom. The molecule has 2 N–H and O–H groups in total. The number of benzene rings is 1. The van der Waals surface area contributed by atoms with Gasteiger partial charge in [-0.25, -0.2) is 14.8 Å². The lowest BCUT2D eigenvalue weighted by molar-refractivity contribution is 0.0466. The zero-order valence-electron chi connectivity index (χ0n) is 10.4. The molecule has 0 atom stereocenters. The molecule has 0 aliphatic carbocycles. The van der Waals surface area contributed by atoms with Crippen LogP contribution in [-0.4, -0.2) is 23.0 Å². The summed E-state index contributed by atoms with van der Waals surface area (Å²) in [7, 11) is 1.57. The second-order valence-electron chi connectivity index (χ2n) is 3.72. The van der Waals surface area contributed by atoms with Gasteiger partial charge < -0.3 is 15.2 Å². The van der Waals surface area contributed by atoms with Crippen LogP contribution in [-0.2, 0) is 11.3 Å². The van der Waals surface area contributed by atoms with Crippen molar-refractivity contribution in [2.45, 2.75) is 6.61 Å². The van der Waals surface area contributed by atoms with Crippen LogP contribution < -0.4 is 10.5 Å². The Bertz CT molecular complexity index is 587. The van der Waals surface area contributed by atoms with Crippen LogP contribution in [0.1, 0.15) is 16.1 Å². The van der Waals surface area contributed by atoms with Crippen LogP contribution in [0.3, 0.4) is 0 Å². The lowest BCUT2D eigenvalue weighted by Gasteiger charge is -2.06. The predicted octanol–water partition coefficient (Wildman–Crippen LogP) is 1.42. The quantitative estimate of drug-likeness (QED) is 0.835. The molecule has 0 spiro atoms. The van der Waals surface area contributed by atoms with E-state index >= 15 is 0 Å². The largest absolute Gasteiger partial charge is 0.497 e. The van der Waals surface area contributed by atoms with Crippen molar-refractivity contribution >= 4 is 11.8 Å². The number of anilines is 1. The van der Waals surface area contributed by atoms with E-state index in [2.05, 4.69) is 9.97 Å². The maximum absolute atomic E-state index is 11.8. The molecule has 19 heavy (non-hydrogen) atoms. The third-order valence-corrected chi connectivity index (χ3v) is 2.42. The second kappa shape index (κ2) is 5.81. The Hall–Kier alpha value is -2.63. The standard InChI is InChI=1S/C13H13N3O3/c1-18-10-4-2-3-9(7-10)8-19-13(17)11-12(14)16-6-5-15-11/h2-7H,8H2,1H3,(H2,14,16). The summed E-state index contributed by atoms with van der Waals surface area (Å²) in [6, 6.07) is 7.24. The van der Waals surface area contributed by atoms with Crippen LogP contribution in [0.4, 0.5) is 5.82 Å². The van der Waals surface area contributed by atoms with Crippen LogP contribution in [0.2, 0.25) is 0 Å². The monoisotopic (exact) mass is 259 g/mol. The van der Waals surface area contributed by atoms with E-state index in [0.717, 1.165) is 5.56 Å². The number of methoxy groups -OCH3 is 1. The van der Waals surface area contributed by atoms with Gasteiger partial charge in [0.2, 0.25) is 0 Å². The summed E-state index contributed by atoms with van der Waals surface area (Å²) in [6.07, 6.45) is 2.80. The number of nitrogen functional groups attached to an aromatic ring is 1. The molecular formula is C13H13N3O3. The second-order valence-corrected chi connectivity index (χ2v) is 3.72. The highest BCUT2D eigenvalue weighted by Crippen LogP contribution is 2.14. The molecule has 98 valence electrons. The normalized spacial score (nSPS) is 9.95. The molecule has 0 saturated carbocycles. The number of carbonyl (C=O) groups is 1. The van der Waals surface area contributed by atoms with Gasteiger partial charge in [-0.2, -0.15) is 0 Å². The van der Waals surface area contributed by atoms with Crippen molar-refractivity contribution in [1.82, 2.24) is 9.97 Å². The summed E-state index contributed by atoms with van der Waals surface area (Å²) >= 11 is 0. The fourth-order valence-corrected chi connectivity index (χ4v) is 1.49. The number of carbonyl (C=O) groups excluding carboxylic acids is 1. The highest BCUT2D eigenvalue weighted by Gasteiger charge is 2.13. The van der Waals surface area contributed by atoms with Gasteiger partial charge in [-0.3, -0.25) is 0 Å². The van der Waals surface area contributed by atoms with E-state index in [9.17, 15) is 4.79 Å². The zero-order valence-corrected chi connectivity index (χ0v) is 10.4. The Morgan fingerprint density at radius 2 is 2.11 bits per heavy atom. The summed E-state index contributed by atoms with van der Waals surface area (Å²) < 4.78 is 10.2. The number of hydrogen-bond acceptors (Lipinski definition) is 6. The van der Waals surface area contributed by atoms with Crippen molar-refractivity contribution in [2.24, 2.45) is 0 Å². The Morgan fingerprint density at radius 3 is 2.84 bits per heavy atom. The molecule has 0 unspecified atom stereocenters. The van der Waals surface area contributed by atoms with Crippen molar-refractivity contribution in [3.63, 3.8) is 0 Å². The Kier molecular flexibility index (Phi) is 3.92. The molecule has 6 nitrogen and oxygen atoms in total. The summed E-state index contributed by atoms with van der Waals surface area (Å²) in [5.41, 5.74) is 6.38. The van der Waals surface area contributed by atoms with Gasteiger partial charge in [-0.15, -0.1) is 0 Å². The molecule has 2 aromatic rings. The average Bonchev–Trinajstić information content (AvgIpc) is 2.45. The first kappa shape index (κ1) is 12.8. The van der Waals surface area contributed by atoms with Crippen LogP contribution in [0.25, 0.3) is 0 Å². The SMILES string of the molecule is COc1cccc(COC(=O)c2nccnc2N)c1. The van der Waals surface area contributed by atoms with Crippen molar-refractivity contribution in [2.75, 3.05) is 12.8 Å². The lowest BCUT2D eigenvalue weighted by Crippen LogP contribution is -2.11. The van der Waals surface area contributed by atoms with Gasteiger partial charge in [0, 0.05) is 12.4 Å². The van der Waals surface area contributed by atoms with Crippen molar-refractivity contribution in [1.29, 1.82) is 0 Å². The average molecular weight is 259 g/mol. The first-order valence-electron chi connectivity index (χ1n) is 5.57. The number of esters is 1. The van der Waals surface area contributed by atoms with Gasteiger partial charge in [-0.05, 0) is 17.7 Å². The van der Waals surface area contributed by atoms with Crippen molar-refractivity contribution in [3.05, 3.63) is 47.9 Å². The van der Waals surface area contributed by atoms with Gasteiger partial charge in [0.25, 0.3) is 0 Å². The first-order valence-corrected chi connectivity index (χ1v) is 5.57. The van der Waals surface area contributed by atoms with Crippen LogP contribution in [0, 0.1) is 0 Å². The van der Waals surface area contributed by atoms with E-state index in [-0.39, 0.29) is 18.1 Å². The summed E-state index contributed by atoms with van der Waals surface area (Å²) in [5, 5.41) is 0. The molecule has 0 saturated heterocycles. The van der Waals surface area contributed by atoms with E-state index in [1.807, 2.05) is 18.2 Å². The molecular weight excluding hydrogens is 246 g/mol. The number of rotatable bonds is 4. The number of hydrogen-bond donors (Lipinski definition) is 1. The lowest BCUT2D eigenvalue weighted by atomic mass is 10.2. The van der Waals surface area contributed by atoms with Gasteiger partial charge in [0.05, 0.1) is 7.11 Å². The maximum Gasteiger partial charge on any atom is 0.361 e. The molecule has 2 rings (SSSR count). The Balaban J connectivity index is 2.02. The van der Waals surface area contributed by atoms with Gasteiger partial charge in [0.15, 0.2) is 11.5 Å². The van der Waals surface area contributed by atoms with Gasteiger partial charge in [-0.1, -0.05) is 12.1 Å². The molecule has 1 aromatic heterocycles. The molecule has 0 amide bonds. The van der Waals surface area contributed by atoms with Crippen molar-refractivity contribution in [3.8, 4) is 5.75 Å². The van der Waals surface area contributed by atoms with Crippen LogP contribution >= 0.6 is 0 Å². The minimum Gasteiger partial charge on any atom is -0.497 e.